The Morgan fingerprint density at radius 1 is 0.917 bits per heavy atom. The van der Waals surface area contributed by atoms with Crippen molar-refractivity contribution in [3.63, 3.8) is 0 Å². The standard InChI is InChI=1S/C23H37N5O7S/c1-36-11-9-16(25)20(31)27-18(12-14-5-7-15(30)8-6-14)21(32)28-19(13-29)22(33)26-17(23(34)35)4-2-3-10-24/h5-8,16-19,29-30H,2-4,9-13,24-25H2,1H3,(H,26,33)(H,27,31)(H,28,32)(H,34,35). The fourth-order valence-corrected chi connectivity index (χ4v) is 3.71. The van der Waals surface area contributed by atoms with Gasteiger partial charge in [-0.25, -0.2) is 4.79 Å². The van der Waals surface area contributed by atoms with Gasteiger partial charge in [0.05, 0.1) is 12.6 Å². The Labute approximate surface area is 214 Å². The summed E-state index contributed by atoms with van der Waals surface area (Å²) in [5.74, 6) is -2.78. The largest absolute Gasteiger partial charge is 0.508 e. The molecule has 12 nitrogen and oxygen atoms in total. The first-order valence-corrected chi connectivity index (χ1v) is 13.0. The number of carbonyl (C=O) groups excluding carboxylic acids is 3. The average Bonchev–Trinajstić information content (AvgIpc) is 2.85. The van der Waals surface area contributed by atoms with Gasteiger partial charge in [0, 0.05) is 6.42 Å². The van der Waals surface area contributed by atoms with Crippen LogP contribution in [0.15, 0.2) is 24.3 Å². The van der Waals surface area contributed by atoms with E-state index in [1.807, 2.05) is 6.26 Å². The predicted octanol–water partition coefficient (Wildman–Crippen LogP) is -1.32. The van der Waals surface area contributed by atoms with Crippen LogP contribution in [-0.2, 0) is 25.6 Å². The van der Waals surface area contributed by atoms with Crippen molar-refractivity contribution in [2.75, 3.05) is 25.2 Å². The van der Waals surface area contributed by atoms with E-state index in [1.165, 1.54) is 23.9 Å². The van der Waals surface area contributed by atoms with Gasteiger partial charge in [-0.2, -0.15) is 11.8 Å². The summed E-state index contributed by atoms with van der Waals surface area (Å²) < 4.78 is 0. The lowest BCUT2D eigenvalue weighted by molar-refractivity contribution is -0.142. The summed E-state index contributed by atoms with van der Waals surface area (Å²) in [7, 11) is 0. The van der Waals surface area contributed by atoms with E-state index in [1.54, 1.807) is 12.1 Å². The van der Waals surface area contributed by atoms with E-state index in [9.17, 15) is 34.5 Å². The molecular formula is C23H37N5O7S. The van der Waals surface area contributed by atoms with Crippen molar-refractivity contribution in [3.8, 4) is 5.75 Å². The molecule has 0 saturated carbocycles. The molecule has 1 aromatic rings. The summed E-state index contributed by atoms with van der Waals surface area (Å²) in [4.78, 5) is 49.7. The van der Waals surface area contributed by atoms with Crippen molar-refractivity contribution in [3.05, 3.63) is 29.8 Å². The summed E-state index contributed by atoms with van der Waals surface area (Å²) in [5, 5.41) is 35.8. The number of nitrogens with one attached hydrogen (secondary N) is 3. The molecule has 0 aliphatic heterocycles. The average molecular weight is 528 g/mol. The molecule has 0 fully saturated rings. The first kappa shape index (κ1) is 31.2. The summed E-state index contributed by atoms with van der Waals surface area (Å²) >= 11 is 1.52. The summed E-state index contributed by atoms with van der Waals surface area (Å²) in [6, 6.07) is 1.34. The van der Waals surface area contributed by atoms with Crippen molar-refractivity contribution >= 4 is 35.5 Å². The van der Waals surface area contributed by atoms with Crippen LogP contribution < -0.4 is 27.4 Å². The fourth-order valence-electron chi connectivity index (χ4n) is 3.22. The zero-order valence-corrected chi connectivity index (χ0v) is 21.1. The number of aliphatic hydroxyl groups is 1. The number of amides is 3. The highest BCUT2D eigenvalue weighted by Gasteiger charge is 2.30. The first-order valence-electron chi connectivity index (χ1n) is 11.6. The Balaban J connectivity index is 2.96. The first-order chi connectivity index (χ1) is 17.1. The van der Waals surface area contributed by atoms with Gasteiger partial charge in [-0.3, -0.25) is 14.4 Å². The number of phenols is 1. The molecule has 1 rings (SSSR count). The highest BCUT2D eigenvalue weighted by molar-refractivity contribution is 7.98. The zero-order valence-electron chi connectivity index (χ0n) is 20.3. The van der Waals surface area contributed by atoms with E-state index in [0.29, 0.717) is 37.1 Å². The third kappa shape index (κ3) is 11.2. The molecule has 3 amide bonds. The number of phenolic OH excluding ortho intramolecular Hbond substituents is 1. The molecule has 0 aliphatic carbocycles. The van der Waals surface area contributed by atoms with Crippen molar-refractivity contribution in [2.24, 2.45) is 11.5 Å². The number of hydrogen-bond donors (Lipinski definition) is 8. The molecule has 36 heavy (non-hydrogen) atoms. The van der Waals surface area contributed by atoms with Crippen LogP contribution >= 0.6 is 11.8 Å². The Bertz CT molecular complexity index is 856. The van der Waals surface area contributed by atoms with Crippen molar-refractivity contribution < 1.29 is 34.5 Å². The van der Waals surface area contributed by atoms with Crippen LogP contribution in [0.1, 0.15) is 31.2 Å². The lowest BCUT2D eigenvalue weighted by atomic mass is 10.0. The van der Waals surface area contributed by atoms with Crippen molar-refractivity contribution in [1.29, 1.82) is 0 Å². The van der Waals surface area contributed by atoms with E-state index in [-0.39, 0.29) is 18.6 Å². The van der Waals surface area contributed by atoms with Gasteiger partial charge in [0.15, 0.2) is 0 Å². The molecule has 0 radical (unpaired) electrons. The molecule has 13 heteroatoms. The minimum atomic E-state index is -1.45. The van der Waals surface area contributed by atoms with Gasteiger partial charge < -0.3 is 42.7 Å². The summed E-state index contributed by atoms with van der Waals surface area (Å²) in [6.07, 6.45) is 3.47. The van der Waals surface area contributed by atoms with Crippen LogP contribution in [0, 0.1) is 0 Å². The Kier molecular flexibility index (Phi) is 14.5. The number of carboxylic acid groups (broad SMARTS) is 1. The molecule has 0 saturated heterocycles. The maximum Gasteiger partial charge on any atom is 0.326 e. The Hall–Kier alpha value is -2.87. The second kappa shape index (κ2) is 16.7. The van der Waals surface area contributed by atoms with E-state index in [2.05, 4.69) is 16.0 Å². The van der Waals surface area contributed by atoms with Gasteiger partial charge in [0.2, 0.25) is 17.7 Å². The fraction of sp³-hybridized carbons (Fsp3) is 0.565. The number of carboxylic acids is 1. The molecule has 0 aromatic heterocycles. The number of hydrogen-bond acceptors (Lipinski definition) is 9. The van der Waals surface area contributed by atoms with Crippen molar-refractivity contribution in [2.45, 2.75) is 56.3 Å². The Morgan fingerprint density at radius 3 is 2.06 bits per heavy atom. The highest BCUT2D eigenvalue weighted by Crippen LogP contribution is 2.12. The summed E-state index contributed by atoms with van der Waals surface area (Å²) in [6.45, 7) is -0.412. The van der Waals surface area contributed by atoms with Crippen molar-refractivity contribution in [1.82, 2.24) is 16.0 Å². The lowest BCUT2D eigenvalue weighted by Gasteiger charge is -2.24. The molecule has 202 valence electrons. The molecule has 1 aromatic carbocycles. The number of benzene rings is 1. The van der Waals surface area contributed by atoms with E-state index in [4.69, 9.17) is 11.5 Å². The lowest BCUT2D eigenvalue weighted by Crippen LogP contribution is -2.58. The second-order valence-corrected chi connectivity index (χ2v) is 9.23. The molecular weight excluding hydrogens is 490 g/mol. The molecule has 0 spiro atoms. The molecule has 4 atom stereocenters. The topological polar surface area (TPSA) is 217 Å². The van der Waals surface area contributed by atoms with Gasteiger partial charge in [-0.1, -0.05) is 12.1 Å². The minimum absolute atomic E-state index is 0.0176. The minimum Gasteiger partial charge on any atom is -0.508 e. The van der Waals surface area contributed by atoms with Crippen LogP contribution in [0.4, 0.5) is 0 Å². The number of thioether (sulfide) groups is 1. The maximum atomic E-state index is 13.0. The monoisotopic (exact) mass is 527 g/mol. The van der Waals surface area contributed by atoms with Gasteiger partial charge in [0.25, 0.3) is 0 Å². The smallest absolute Gasteiger partial charge is 0.326 e. The van der Waals surface area contributed by atoms with Crippen LogP contribution in [0.25, 0.3) is 0 Å². The molecule has 0 heterocycles. The van der Waals surface area contributed by atoms with Gasteiger partial charge in [0.1, 0.15) is 23.9 Å². The SMILES string of the molecule is CSCCC(N)C(=O)NC(Cc1ccc(O)cc1)C(=O)NC(CO)C(=O)NC(CCCCN)C(=O)O. The number of nitrogens with two attached hydrogens (primary N) is 2. The van der Waals surface area contributed by atoms with Crippen LogP contribution in [0.3, 0.4) is 0 Å². The number of carbonyl (C=O) groups is 4. The normalized spacial score (nSPS) is 14.2. The third-order valence-corrected chi connectivity index (χ3v) is 6.00. The van der Waals surface area contributed by atoms with Gasteiger partial charge in [-0.15, -0.1) is 0 Å². The number of unbranched alkanes of at least 4 members (excludes halogenated alkanes) is 1. The number of aliphatic hydroxyl groups excluding tert-OH is 1. The van der Waals surface area contributed by atoms with Gasteiger partial charge in [-0.05, 0) is 61.9 Å². The second-order valence-electron chi connectivity index (χ2n) is 8.25. The molecule has 0 aliphatic rings. The maximum absolute atomic E-state index is 13.0. The molecule has 10 N–H and O–H groups in total. The molecule has 4 unspecified atom stereocenters. The van der Waals surface area contributed by atoms with Crippen LogP contribution in [0.2, 0.25) is 0 Å². The summed E-state index contributed by atoms with van der Waals surface area (Å²) in [5.41, 5.74) is 11.9. The highest BCUT2D eigenvalue weighted by atomic mass is 32.2. The van der Waals surface area contributed by atoms with Crippen LogP contribution in [-0.4, -0.2) is 88.3 Å². The Morgan fingerprint density at radius 2 is 1.50 bits per heavy atom. The zero-order chi connectivity index (χ0) is 27.1. The predicted molar refractivity (Wildman–Crippen MR) is 136 cm³/mol. The van der Waals surface area contributed by atoms with E-state index in [0.717, 1.165) is 0 Å². The molecule has 0 bridgehead atoms. The quantitative estimate of drug-likeness (QED) is 0.112. The number of aromatic hydroxyl groups is 1. The van der Waals surface area contributed by atoms with E-state index < -0.39 is 54.5 Å². The number of rotatable bonds is 17. The number of aliphatic carboxylic acids is 1. The van der Waals surface area contributed by atoms with Gasteiger partial charge >= 0.3 is 5.97 Å². The van der Waals surface area contributed by atoms with Crippen LogP contribution in [0.5, 0.6) is 5.75 Å². The van der Waals surface area contributed by atoms with E-state index >= 15 is 0 Å². The third-order valence-electron chi connectivity index (χ3n) is 5.36.